The number of aromatic carboxylic acids is 1. The number of ether oxygens (including phenoxy) is 1. The highest BCUT2D eigenvalue weighted by Gasteiger charge is 2.23. The number of hydrogen-bond acceptors (Lipinski definition) is 5. The lowest BCUT2D eigenvalue weighted by Crippen LogP contribution is -2.35. The summed E-state index contributed by atoms with van der Waals surface area (Å²) >= 11 is 0. The summed E-state index contributed by atoms with van der Waals surface area (Å²) in [6.45, 7) is 1.76. The van der Waals surface area contributed by atoms with E-state index in [0.717, 1.165) is 32.0 Å². The predicted molar refractivity (Wildman–Crippen MR) is 71.2 cm³/mol. The summed E-state index contributed by atoms with van der Waals surface area (Å²) in [5, 5.41) is 19.9. The summed E-state index contributed by atoms with van der Waals surface area (Å²) in [6, 6.07) is 3.71. The Balaban J connectivity index is 2.18. The molecule has 0 aromatic heterocycles. The number of nitrogens with zero attached hydrogens (tertiary/aromatic N) is 2. The highest BCUT2D eigenvalue weighted by molar-refractivity contribution is 5.88. The molecule has 0 unspecified atom stereocenters. The van der Waals surface area contributed by atoms with Gasteiger partial charge >= 0.3 is 11.7 Å². The molecule has 1 fully saturated rings. The van der Waals surface area contributed by atoms with Crippen molar-refractivity contribution in [2.24, 2.45) is 0 Å². The molecule has 7 heteroatoms. The van der Waals surface area contributed by atoms with E-state index < -0.39 is 10.9 Å². The SMILES string of the molecule is CN1CCC(Oc2ccc(C(=O)O)cc2[N+](=O)[O-])CC1. The molecule has 2 rings (SSSR count). The molecule has 1 heterocycles. The van der Waals surface area contributed by atoms with Gasteiger partial charge in [0.05, 0.1) is 10.5 Å². The third-order valence-corrected chi connectivity index (χ3v) is 3.36. The molecule has 108 valence electrons. The van der Waals surface area contributed by atoms with Crippen LogP contribution in [-0.4, -0.2) is 47.1 Å². The molecule has 0 saturated carbocycles. The second kappa shape index (κ2) is 5.87. The van der Waals surface area contributed by atoms with Crippen molar-refractivity contribution in [3.63, 3.8) is 0 Å². The number of carbonyl (C=O) groups is 1. The first-order valence-electron chi connectivity index (χ1n) is 6.34. The number of nitro groups is 1. The van der Waals surface area contributed by atoms with Crippen molar-refractivity contribution in [2.75, 3.05) is 20.1 Å². The van der Waals surface area contributed by atoms with E-state index in [9.17, 15) is 14.9 Å². The van der Waals surface area contributed by atoms with Gasteiger partial charge in [-0.1, -0.05) is 0 Å². The highest BCUT2D eigenvalue weighted by atomic mass is 16.6. The fourth-order valence-electron chi connectivity index (χ4n) is 2.18. The minimum Gasteiger partial charge on any atom is -0.483 e. The molecule has 0 amide bonds. The molecule has 7 nitrogen and oxygen atoms in total. The van der Waals surface area contributed by atoms with E-state index in [-0.39, 0.29) is 23.1 Å². The Hall–Kier alpha value is -2.15. The summed E-state index contributed by atoms with van der Waals surface area (Å²) in [6.07, 6.45) is 1.53. The molecule has 0 spiro atoms. The van der Waals surface area contributed by atoms with Crippen LogP contribution in [0.5, 0.6) is 5.75 Å². The van der Waals surface area contributed by atoms with Gasteiger partial charge in [0.1, 0.15) is 6.10 Å². The quantitative estimate of drug-likeness (QED) is 0.667. The van der Waals surface area contributed by atoms with Gasteiger partial charge in [0.2, 0.25) is 0 Å². The van der Waals surface area contributed by atoms with Crippen LogP contribution >= 0.6 is 0 Å². The van der Waals surface area contributed by atoms with E-state index in [4.69, 9.17) is 9.84 Å². The standard InChI is InChI=1S/C13H16N2O5/c1-14-6-4-10(5-7-14)20-12-3-2-9(13(16)17)8-11(12)15(18)19/h2-3,8,10H,4-7H2,1H3,(H,16,17). The molecule has 1 N–H and O–H groups in total. The van der Waals surface area contributed by atoms with Crippen LogP contribution < -0.4 is 4.74 Å². The molecule has 20 heavy (non-hydrogen) atoms. The minimum absolute atomic E-state index is 0.0689. The monoisotopic (exact) mass is 280 g/mol. The smallest absolute Gasteiger partial charge is 0.335 e. The Morgan fingerprint density at radius 3 is 2.65 bits per heavy atom. The zero-order chi connectivity index (χ0) is 14.7. The normalized spacial score (nSPS) is 16.9. The van der Waals surface area contributed by atoms with Gasteiger partial charge in [-0.3, -0.25) is 10.1 Å². The maximum Gasteiger partial charge on any atom is 0.335 e. The van der Waals surface area contributed by atoms with Gasteiger partial charge in [-0.05, 0) is 32.0 Å². The van der Waals surface area contributed by atoms with Crippen LogP contribution in [0.25, 0.3) is 0 Å². The average Bonchev–Trinajstić information content (AvgIpc) is 2.41. The van der Waals surface area contributed by atoms with Crippen molar-refractivity contribution in [1.29, 1.82) is 0 Å². The Morgan fingerprint density at radius 1 is 1.45 bits per heavy atom. The van der Waals surface area contributed by atoms with Gasteiger partial charge < -0.3 is 14.7 Å². The van der Waals surface area contributed by atoms with Crippen LogP contribution in [0.15, 0.2) is 18.2 Å². The van der Waals surface area contributed by atoms with Gasteiger partial charge in [0.25, 0.3) is 0 Å². The average molecular weight is 280 g/mol. The third-order valence-electron chi connectivity index (χ3n) is 3.36. The highest BCUT2D eigenvalue weighted by Crippen LogP contribution is 2.30. The van der Waals surface area contributed by atoms with Gasteiger partial charge in [0.15, 0.2) is 5.75 Å². The van der Waals surface area contributed by atoms with E-state index in [0.29, 0.717) is 0 Å². The Kier molecular flexibility index (Phi) is 4.19. The van der Waals surface area contributed by atoms with Crippen molar-refractivity contribution >= 4 is 11.7 Å². The number of benzene rings is 1. The minimum atomic E-state index is -1.20. The number of piperidine rings is 1. The van der Waals surface area contributed by atoms with Crippen LogP contribution in [0.3, 0.4) is 0 Å². The van der Waals surface area contributed by atoms with E-state index in [1.54, 1.807) is 0 Å². The first kappa shape index (κ1) is 14.3. The lowest BCUT2D eigenvalue weighted by atomic mass is 10.1. The second-order valence-electron chi connectivity index (χ2n) is 4.87. The fraction of sp³-hybridized carbons (Fsp3) is 0.462. The summed E-state index contributed by atoms with van der Waals surface area (Å²) in [4.78, 5) is 23.4. The summed E-state index contributed by atoms with van der Waals surface area (Å²) in [5.41, 5.74) is -0.420. The molecular formula is C13H16N2O5. The summed E-state index contributed by atoms with van der Waals surface area (Å²) in [5.74, 6) is -1.06. The molecular weight excluding hydrogens is 264 g/mol. The van der Waals surface area contributed by atoms with Crippen LogP contribution in [0, 0.1) is 10.1 Å². The van der Waals surface area contributed by atoms with Crippen LogP contribution in [-0.2, 0) is 0 Å². The molecule has 1 aromatic rings. The molecule has 1 saturated heterocycles. The topological polar surface area (TPSA) is 92.9 Å². The molecule has 1 aliphatic rings. The van der Waals surface area contributed by atoms with Crippen LogP contribution in [0.1, 0.15) is 23.2 Å². The molecule has 0 radical (unpaired) electrons. The van der Waals surface area contributed by atoms with E-state index >= 15 is 0 Å². The molecule has 0 aliphatic carbocycles. The second-order valence-corrected chi connectivity index (χ2v) is 4.87. The zero-order valence-electron chi connectivity index (χ0n) is 11.1. The van der Waals surface area contributed by atoms with Gasteiger partial charge in [-0.15, -0.1) is 0 Å². The first-order valence-corrected chi connectivity index (χ1v) is 6.34. The van der Waals surface area contributed by atoms with E-state index in [1.165, 1.54) is 12.1 Å². The van der Waals surface area contributed by atoms with Crippen LogP contribution in [0.4, 0.5) is 5.69 Å². The van der Waals surface area contributed by atoms with Crippen molar-refractivity contribution in [3.8, 4) is 5.75 Å². The van der Waals surface area contributed by atoms with Crippen molar-refractivity contribution < 1.29 is 19.6 Å². The zero-order valence-corrected chi connectivity index (χ0v) is 11.1. The first-order chi connectivity index (χ1) is 9.47. The van der Waals surface area contributed by atoms with Crippen molar-refractivity contribution in [2.45, 2.75) is 18.9 Å². The summed E-state index contributed by atoms with van der Waals surface area (Å²) in [7, 11) is 2.01. The maximum absolute atomic E-state index is 11.0. The van der Waals surface area contributed by atoms with Crippen molar-refractivity contribution in [3.05, 3.63) is 33.9 Å². The number of nitro benzene ring substituents is 1. The predicted octanol–water partition coefficient (Wildman–Crippen LogP) is 1.77. The van der Waals surface area contributed by atoms with E-state index in [2.05, 4.69) is 4.90 Å². The number of carboxylic acids is 1. The summed E-state index contributed by atoms with van der Waals surface area (Å²) < 4.78 is 5.67. The lowest BCUT2D eigenvalue weighted by Gasteiger charge is -2.29. The molecule has 1 aromatic carbocycles. The van der Waals surface area contributed by atoms with E-state index in [1.807, 2.05) is 7.05 Å². The molecule has 0 bridgehead atoms. The number of hydrogen-bond donors (Lipinski definition) is 1. The Morgan fingerprint density at radius 2 is 2.10 bits per heavy atom. The third kappa shape index (κ3) is 3.24. The lowest BCUT2D eigenvalue weighted by molar-refractivity contribution is -0.386. The van der Waals surface area contributed by atoms with Gasteiger partial charge in [0, 0.05) is 19.2 Å². The van der Waals surface area contributed by atoms with Crippen LogP contribution in [0.2, 0.25) is 0 Å². The van der Waals surface area contributed by atoms with Gasteiger partial charge in [-0.2, -0.15) is 0 Å². The Labute approximate surface area is 115 Å². The maximum atomic E-state index is 11.0. The number of rotatable bonds is 4. The molecule has 1 aliphatic heterocycles. The van der Waals surface area contributed by atoms with Gasteiger partial charge in [-0.25, -0.2) is 4.79 Å². The molecule has 0 atom stereocenters. The fourth-order valence-corrected chi connectivity index (χ4v) is 2.18. The number of likely N-dealkylation sites (tertiary alicyclic amines) is 1. The largest absolute Gasteiger partial charge is 0.483 e. The van der Waals surface area contributed by atoms with Crippen molar-refractivity contribution in [1.82, 2.24) is 4.90 Å². The number of carboxylic acid groups (broad SMARTS) is 1. The Bertz CT molecular complexity index is 523.